The van der Waals surface area contributed by atoms with Crippen molar-refractivity contribution in [3.63, 3.8) is 0 Å². The summed E-state index contributed by atoms with van der Waals surface area (Å²) in [4.78, 5) is 0. The molecule has 1 aromatic carbocycles. The molecule has 2 unspecified atom stereocenters. The van der Waals surface area contributed by atoms with Gasteiger partial charge in [0, 0.05) is 6.04 Å². The van der Waals surface area contributed by atoms with E-state index in [9.17, 15) is 4.39 Å². The SMILES string of the molecule is CC1(C)CCCC1C(N)Cc1ccccc1F. The van der Waals surface area contributed by atoms with Crippen molar-refractivity contribution >= 4 is 0 Å². The zero-order chi connectivity index (χ0) is 12.5. The maximum absolute atomic E-state index is 13.6. The third kappa shape index (κ3) is 2.68. The second-order valence-electron chi connectivity index (χ2n) is 5.95. The highest BCUT2D eigenvalue weighted by Gasteiger charge is 2.38. The molecule has 1 aromatic rings. The largest absolute Gasteiger partial charge is 0.327 e. The first kappa shape index (κ1) is 12.6. The molecule has 0 bridgehead atoms. The summed E-state index contributed by atoms with van der Waals surface area (Å²) in [6, 6.07) is 7.04. The van der Waals surface area contributed by atoms with Crippen molar-refractivity contribution in [1.29, 1.82) is 0 Å². The molecular weight excluding hydrogens is 213 g/mol. The van der Waals surface area contributed by atoms with Gasteiger partial charge in [-0.2, -0.15) is 0 Å². The van der Waals surface area contributed by atoms with Gasteiger partial charge >= 0.3 is 0 Å². The van der Waals surface area contributed by atoms with Gasteiger partial charge in [-0.1, -0.05) is 38.5 Å². The number of hydrogen-bond donors (Lipinski definition) is 1. The van der Waals surface area contributed by atoms with Crippen molar-refractivity contribution in [2.45, 2.75) is 45.6 Å². The Bertz CT molecular complexity index is 386. The standard InChI is InChI=1S/C15H22FN/c1-15(2)9-5-7-12(15)14(17)10-11-6-3-4-8-13(11)16/h3-4,6,8,12,14H,5,7,9-10,17H2,1-2H3. The van der Waals surface area contributed by atoms with E-state index in [2.05, 4.69) is 13.8 Å². The summed E-state index contributed by atoms with van der Waals surface area (Å²) in [5.74, 6) is 0.390. The first-order chi connectivity index (χ1) is 8.00. The smallest absolute Gasteiger partial charge is 0.126 e. The van der Waals surface area contributed by atoms with Gasteiger partial charge in [0.1, 0.15) is 5.82 Å². The predicted octanol–water partition coefficient (Wildman–Crippen LogP) is 3.52. The van der Waals surface area contributed by atoms with Gasteiger partial charge in [0.25, 0.3) is 0 Å². The topological polar surface area (TPSA) is 26.0 Å². The summed E-state index contributed by atoms with van der Waals surface area (Å²) in [7, 11) is 0. The van der Waals surface area contributed by atoms with E-state index in [0.717, 1.165) is 5.56 Å². The van der Waals surface area contributed by atoms with Gasteiger partial charge in [-0.3, -0.25) is 0 Å². The van der Waals surface area contributed by atoms with Gasteiger partial charge in [-0.25, -0.2) is 4.39 Å². The van der Waals surface area contributed by atoms with Crippen LogP contribution in [0.1, 0.15) is 38.7 Å². The molecule has 1 saturated carbocycles. The summed E-state index contributed by atoms with van der Waals surface area (Å²) in [5.41, 5.74) is 7.35. The number of halogens is 1. The van der Waals surface area contributed by atoms with Crippen molar-refractivity contribution in [2.75, 3.05) is 0 Å². The first-order valence-corrected chi connectivity index (χ1v) is 6.50. The number of rotatable bonds is 3. The molecule has 1 fully saturated rings. The highest BCUT2D eigenvalue weighted by Crippen LogP contribution is 2.44. The van der Waals surface area contributed by atoms with Gasteiger partial charge in [-0.05, 0) is 42.2 Å². The minimum absolute atomic E-state index is 0.0735. The number of nitrogens with two attached hydrogens (primary N) is 1. The fourth-order valence-electron chi connectivity index (χ4n) is 3.21. The molecule has 0 aliphatic heterocycles. The van der Waals surface area contributed by atoms with Crippen molar-refractivity contribution in [1.82, 2.24) is 0 Å². The molecule has 0 spiro atoms. The lowest BCUT2D eigenvalue weighted by atomic mass is 9.76. The zero-order valence-corrected chi connectivity index (χ0v) is 10.7. The van der Waals surface area contributed by atoms with E-state index >= 15 is 0 Å². The Morgan fingerprint density at radius 3 is 2.71 bits per heavy atom. The summed E-state index contributed by atoms with van der Waals surface area (Å²) in [6.07, 6.45) is 4.33. The van der Waals surface area contributed by atoms with Crippen molar-refractivity contribution in [3.8, 4) is 0 Å². The summed E-state index contributed by atoms with van der Waals surface area (Å²) < 4.78 is 13.6. The quantitative estimate of drug-likeness (QED) is 0.852. The fourth-order valence-corrected chi connectivity index (χ4v) is 3.21. The molecule has 0 radical (unpaired) electrons. The third-order valence-electron chi connectivity index (χ3n) is 4.27. The molecule has 2 heteroatoms. The molecule has 2 rings (SSSR count). The van der Waals surface area contributed by atoms with Gasteiger partial charge in [0.05, 0.1) is 0 Å². The molecule has 1 aliphatic carbocycles. The Hall–Kier alpha value is -0.890. The summed E-state index contributed by atoms with van der Waals surface area (Å²) in [5, 5.41) is 0. The van der Waals surface area contributed by atoms with E-state index in [-0.39, 0.29) is 11.9 Å². The Balaban J connectivity index is 2.07. The van der Waals surface area contributed by atoms with Crippen LogP contribution in [0, 0.1) is 17.2 Å². The van der Waals surface area contributed by atoms with Crippen LogP contribution in [-0.4, -0.2) is 6.04 Å². The van der Waals surface area contributed by atoms with E-state index in [0.29, 0.717) is 17.8 Å². The van der Waals surface area contributed by atoms with Gasteiger partial charge in [-0.15, -0.1) is 0 Å². The minimum Gasteiger partial charge on any atom is -0.327 e. The third-order valence-corrected chi connectivity index (χ3v) is 4.27. The van der Waals surface area contributed by atoms with Crippen LogP contribution in [0.15, 0.2) is 24.3 Å². The average molecular weight is 235 g/mol. The summed E-state index contributed by atoms with van der Waals surface area (Å²) in [6.45, 7) is 4.57. The van der Waals surface area contributed by atoms with E-state index in [1.165, 1.54) is 25.3 Å². The lowest BCUT2D eigenvalue weighted by Gasteiger charge is -2.32. The molecule has 0 heterocycles. The van der Waals surface area contributed by atoms with Crippen molar-refractivity contribution < 1.29 is 4.39 Å². The molecule has 2 atom stereocenters. The maximum Gasteiger partial charge on any atom is 0.126 e. The van der Waals surface area contributed by atoms with Crippen LogP contribution in [0.25, 0.3) is 0 Å². The molecule has 1 nitrogen and oxygen atoms in total. The van der Waals surface area contributed by atoms with Crippen LogP contribution >= 0.6 is 0 Å². The Kier molecular flexibility index (Phi) is 3.53. The zero-order valence-electron chi connectivity index (χ0n) is 10.7. The minimum atomic E-state index is -0.126. The summed E-state index contributed by atoms with van der Waals surface area (Å²) >= 11 is 0. The van der Waals surface area contributed by atoms with E-state index in [1.54, 1.807) is 6.07 Å². The Morgan fingerprint density at radius 2 is 2.12 bits per heavy atom. The number of hydrogen-bond acceptors (Lipinski definition) is 1. The van der Waals surface area contributed by atoms with Crippen LogP contribution in [0.2, 0.25) is 0 Å². The molecule has 0 amide bonds. The highest BCUT2D eigenvalue weighted by atomic mass is 19.1. The Morgan fingerprint density at radius 1 is 1.41 bits per heavy atom. The molecule has 1 aliphatic rings. The normalized spacial score (nSPS) is 24.8. The molecule has 17 heavy (non-hydrogen) atoms. The molecule has 94 valence electrons. The van der Waals surface area contributed by atoms with Crippen LogP contribution in [0.4, 0.5) is 4.39 Å². The molecular formula is C15H22FN. The van der Waals surface area contributed by atoms with Crippen molar-refractivity contribution in [2.24, 2.45) is 17.1 Å². The lowest BCUT2D eigenvalue weighted by molar-refractivity contribution is 0.219. The molecule has 0 saturated heterocycles. The second-order valence-corrected chi connectivity index (χ2v) is 5.95. The predicted molar refractivity (Wildman–Crippen MR) is 69.2 cm³/mol. The van der Waals surface area contributed by atoms with E-state index in [4.69, 9.17) is 5.73 Å². The lowest BCUT2D eigenvalue weighted by Crippen LogP contribution is -2.38. The van der Waals surface area contributed by atoms with Gasteiger partial charge < -0.3 is 5.73 Å². The second kappa shape index (κ2) is 4.77. The highest BCUT2D eigenvalue weighted by molar-refractivity contribution is 5.18. The van der Waals surface area contributed by atoms with Crippen LogP contribution in [-0.2, 0) is 6.42 Å². The van der Waals surface area contributed by atoms with E-state index < -0.39 is 0 Å². The molecule has 0 aromatic heterocycles. The van der Waals surface area contributed by atoms with Gasteiger partial charge in [0.2, 0.25) is 0 Å². The fraction of sp³-hybridized carbons (Fsp3) is 0.600. The van der Waals surface area contributed by atoms with Gasteiger partial charge in [0.15, 0.2) is 0 Å². The number of benzene rings is 1. The monoisotopic (exact) mass is 235 g/mol. The Labute approximate surface area is 103 Å². The maximum atomic E-state index is 13.6. The van der Waals surface area contributed by atoms with Crippen molar-refractivity contribution in [3.05, 3.63) is 35.6 Å². The van der Waals surface area contributed by atoms with E-state index in [1.807, 2.05) is 12.1 Å². The molecule has 2 N–H and O–H groups in total. The first-order valence-electron chi connectivity index (χ1n) is 6.50. The average Bonchev–Trinajstić information content (AvgIpc) is 2.61. The van der Waals surface area contributed by atoms with Crippen LogP contribution in [0.5, 0.6) is 0 Å². The van der Waals surface area contributed by atoms with Crippen LogP contribution in [0.3, 0.4) is 0 Å². The van der Waals surface area contributed by atoms with Crippen LogP contribution < -0.4 is 5.73 Å².